The Morgan fingerprint density at radius 2 is 2.20 bits per heavy atom. The van der Waals surface area contributed by atoms with Gasteiger partial charge >= 0.3 is 0 Å². The van der Waals surface area contributed by atoms with Gasteiger partial charge in [0.05, 0.1) is 13.2 Å². The fraction of sp³-hybridized carbons (Fsp3) is 0.500. The lowest BCUT2D eigenvalue weighted by Gasteiger charge is -2.22. The molecule has 0 spiro atoms. The van der Waals surface area contributed by atoms with Crippen LogP contribution < -0.4 is 0 Å². The fourth-order valence-electron chi connectivity index (χ4n) is 2.96. The number of aliphatic hydroxyl groups excluding tert-OH is 1. The van der Waals surface area contributed by atoms with Gasteiger partial charge in [-0.3, -0.25) is 4.79 Å². The van der Waals surface area contributed by atoms with Crippen LogP contribution in [0.15, 0.2) is 30.9 Å². The second-order valence-corrected chi connectivity index (χ2v) is 6.90. The molecular weight excluding hydrogens is 348 g/mol. The molecule has 0 amide bonds. The van der Waals surface area contributed by atoms with E-state index in [1.165, 1.54) is 0 Å². The van der Waals surface area contributed by atoms with Crippen LogP contribution in [0.4, 0.5) is 0 Å². The summed E-state index contributed by atoms with van der Waals surface area (Å²) in [6.45, 7) is 7.67. The van der Waals surface area contributed by atoms with E-state index < -0.39 is 30.4 Å². The molecule has 4 atom stereocenters. The Kier molecular flexibility index (Phi) is 5.29. The van der Waals surface area contributed by atoms with E-state index in [1.807, 2.05) is 0 Å². The molecule has 0 aliphatic carbocycles. The summed E-state index contributed by atoms with van der Waals surface area (Å²) in [5, 5.41) is 10.9. The smallest absolute Gasteiger partial charge is 0.194 e. The van der Waals surface area contributed by atoms with Crippen molar-refractivity contribution in [2.75, 3.05) is 6.61 Å². The summed E-state index contributed by atoms with van der Waals surface area (Å²) in [5.41, 5.74) is 1.06. The van der Waals surface area contributed by atoms with E-state index in [4.69, 9.17) is 30.5 Å². The van der Waals surface area contributed by atoms with Gasteiger partial charge < -0.3 is 24.1 Å². The Morgan fingerprint density at radius 1 is 1.44 bits per heavy atom. The Balaban J connectivity index is 1.73. The topological polar surface area (TPSA) is 74.2 Å². The second-order valence-electron chi connectivity index (χ2n) is 6.49. The van der Waals surface area contributed by atoms with E-state index in [2.05, 4.69) is 6.58 Å². The van der Waals surface area contributed by atoms with Crippen molar-refractivity contribution in [3.8, 4) is 0 Å². The van der Waals surface area contributed by atoms with Crippen molar-refractivity contribution in [1.82, 2.24) is 0 Å². The minimum Gasteiger partial charge on any atom is -0.387 e. The predicted molar refractivity (Wildman–Crippen MR) is 90.3 cm³/mol. The highest BCUT2D eigenvalue weighted by Gasteiger charge is 2.56. The fourth-order valence-corrected chi connectivity index (χ4v) is 3.14. The number of halogens is 1. The molecule has 3 rings (SSSR count). The van der Waals surface area contributed by atoms with Crippen LogP contribution in [0.2, 0.25) is 5.02 Å². The molecular formula is C18H21ClO6. The molecule has 7 heteroatoms. The maximum atomic E-state index is 12.7. The van der Waals surface area contributed by atoms with Crippen LogP contribution in [0.3, 0.4) is 0 Å². The maximum Gasteiger partial charge on any atom is 0.194 e. The Bertz CT molecular complexity index is 674. The summed E-state index contributed by atoms with van der Waals surface area (Å²) in [5.74, 6) is -1.20. The number of fused-ring (bicyclic) bond motifs is 1. The first-order chi connectivity index (χ1) is 11.8. The highest BCUT2D eigenvalue weighted by atomic mass is 35.5. The molecule has 1 aromatic rings. The SMILES string of the molecule is C=CCOCc1cc(C(=O)[C@@H]2O[C@H]3OC(C)(C)O[C@H]3[C@@H]2O)ccc1Cl. The van der Waals surface area contributed by atoms with Crippen LogP contribution in [-0.4, -0.2) is 47.9 Å². The third-order valence-corrected chi connectivity index (χ3v) is 4.47. The zero-order chi connectivity index (χ0) is 18.2. The zero-order valence-electron chi connectivity index (χ0n) is 14.1. The third-order valence-electron chi connectivity index (χ3n) is 4.10. The Labute approximate surface area is 151 Å². The molecule has 0 radical (unpaired) electrons. The largest absolute Gasteiger partial charge is 0.387 e. The van der Waals surface area contributed by atoms with Gasteiger partial charge in [0.15, 0.2) is 24.0 Å². The summed E-state index contributed by atoms with van der Waals surface area (Å²) in [6, 6.07) is 4.86. The van der Waals surface area contributed by atoms with Gasteiger partial charge in [-0.05, 0) is 37.6 Å². The summed E-state index contributed by atoms with van der Waals surface area (Å²) < 4.78 is 22.1. The van der Waals surface area contributed by atoms with Crippen molar-refractivity contribution in [2.45, 2.75) is 50.8 Å². The van der Waals surface area contributed by atoms with Gasteiger partial charge in [0.1, 0.15) is 12.2 Å². The second kappa shape index (κ2) is 7.15. The highest BCUT2D eigenvalue weighted by molar-refractivity contribution is 6.31. The lowest BCUT2D eigenvalue weighted by atomic mass is 9.99. The van der Waals surface area contributed by atoms with Gasteiger partial charge in [-0.1, -0.05) is 17.7 Å². The number of hydrogen-bond donors (Lipinski definition) is 1. The van der Waals surface area contributed by atoms with Gasteiger partial charge in [0, 0.05) is 10.6 Å². The number of carbonyl (C=O) groups is 1. The monoisotopic (exact) mass is 368 g/mol. The first-order valence-electron chi connectivity index (χ1n) is 8.03. The Hall–Kier alpha value is -1.28. The van der Waals surface area contributed by atoms with Crippen molar-refractivity contribution < 1.29 is 28.8 Å². The van der Waals surface area contributed by atoms with Crippen molar-refractivity contribution >= 4 is 17.4 Å². The zero-order valence-corrected chi connectivity index (χ0v) is 14.9. The minimum absolute atomic E-state index is 0.256. The molecule has 136 valence electrons. The summed E-state index contributed by atoms with van der Waals surface area (Å²) in [7, 11) is 0. The van der Waals surface area contributed by atoms with Crippen molar-refractivity contribution in [3.05, 3.63) is 47.0 Å². The molecule has 0 saturated carbocycles. The standard InChI is InChI=1S/C18H21ClO6/c1-4-7-22-9-11-8-10(5-6-12(11)19)13(20)15-14(21)16-17(23-15)25-18(2,3)24-16/h4-6,8,14-17,21H,1,7,9H2,2-3H3/t14-,15+,16+,17+/m1/s1. The molecule has 2 aliphatic rings. The predicted octanol–water partition coefficient (Wildman–Crippen LogP) is 2.46. The van der Waals surface area contributed by atoms with E-state index in [0.29, 0.717) is 22.8 Å². The molecule has 0 unspecified atom stereocenters. The Morgan fingerprint density at radius 3 is 2.88 bits per heavy atom. The molecule has 0 bridgehead atoms. The van der Waals surface area contributed by atoms with Crippen molar-refractivity contribution in [3.63, 3.8) is 0 Å². The van der Waals surface area contributed by atoms with Gasteiger partial charge in [0.25, 0.3) is 0 Å². The average molecular weight is 369 g/mol. The van der Waals surface area contributed by atoms with Gasteiger partial charge in [0.2, 0.25) is 0 Å². The van der Waals surface area contributed by atoms with Crippen LogP contribution in [0.1, 0.15) is 29.8 Å². The number of carbonyl (C=O) groups excluding carboxylic acids is 1. The molecule has 2 heterocycles. The van der Waals surface area contributed by atoms with E-state index >= 15 is 0 Å². The van der Waals surface area contributed by atoms with Gasteiger partial charge in [-0.2, -0.15) is 0 Å². The van der Waals surface area contributed by atoms with Gasteiger partial charge in [-0.25, -0.2) is 0 Å². The number of ether oxygens (including phenoxy) is 4. The van der Waals surface area contributed by atoms with Crippen LogP contribution >= 0.6 is 11.6 Å². The summed E-state index contributed by atoms with van der Waals surface area (Å²) in [4.78, 5) is 12.7. The average Bonchev–Trinajstić information content (AvgIpc) is 3.02. The molecule has 2 fully saturated rings. The molecule has 6 nitrogen and oxygen atoms in total. The van der Waals surface area contributed by atoms with Crippen LogP contribution in [0.5, 0.6) is 0 Å². The normalized spacial score (nSPS) is 30.2. The lowest BCUT2D eigenvalue weighted by Crippen LogP contribution is -2.38. The first-order valence-corrected chi connectivity index (χ1v) is 8.40. The maximum absolute atomic E-state index is 12.7. The lowest BCUT2D eigenvalue weighted by molar-refractivity contribution is -0.208. The third kappa shape index (κ3) is 3.79. The molecule has 0 aromatic heterocycles. The number of rotatable bonds is 6. The quantitative estimate of drug-likeness (QED) is 0.472. The van der Waals surface area contributed by atoms with Crippen LogP contribution in [-0.2, 0) is 25.6 Å². The summed E-state index contributed by atoms with van der Waals surface area (Å²) in [6.07, 6.45) is -1.97. The number of benzene rings is 1. The highest BCUT2D eigenvalue weighted by Crippen LogP contribution is 2.38. The first kappa shape index (κ1) is 18.5. The van der Waals surface area contributed by atoms with E-state index in [9.17, 15) is 9.90 Å². The molecule has 2 saturated heterocycles. The molecule has 25 heavy (non-hydrogen) atoms. The molecule has 1 N–H and O–H groups in total. The van der Waals surface area contributed by atoms with E-state index in [-0.39, 0.29) is 12.4 Å². The minimum atomic E-state index is -1.10. The van der Waals surface area contributed by atoms with Crippen molar-refractivity contribution in [1.29, 1.82) is 0 Å². The van der Waals surface area contributed by atoms with Crippen molar-refractivity contribution in [2.24, 2.45) is 0 Å². The van der Waals surface area contributed by atoms with Crippen LogP contribution in [0.25, 0.3) is 0 Å². The number of Topliss-reactive ketones (excluding diaryl/α,β-unsaturated/α-hetero) is 1. The number of hydrogen-bond acceptors (Lipinski definition) is 6. The van der Waals surface area contributed by atoms with Crippen LogP contribution in [0, 0.1) is 0 Å². The van der Waals surface area contributed by atoms with E-state index in [1.54, 1.807) is 38.1 Å². The molecule has 2 aliphatic heterocycles. The van der Waals surface area contributed by atoms with Gasteiger partial charge in [-0.15, -0.1) is 6.58 Å². The number of ketones is 1. The van der Waals surface area contributed by atoms with E-state index in [0.717, 1.165) is 0 Å². The summed E-state index contributed by atoms with van der Waals surface area (Å²) >= 11 is 6.14. The molecule has 1 aromatic carbocycles. The number of aliphatic hydroxyl groups is 1.